The molecule has 4 aliphatic rings. The Morgan fingerprint density at radius 3 is 2.48 bits per heavy atom. The molecule has 0 bridgehead atoms. The fourth-order valence-corrected chi connectivity index (χ4v) is 10.3. The third kappa shape index (κ3) is 8.11. The van der Waals surface area contributed by atoms with E-state index in [0.29, 0.717) is 74.4 Å². The van der Waals surface area contributed by atoms with E-state index < -0.39 is 60.1 Å². The molecule has 21 heteroatoms. The molecule has 0 radical (unpaired) electrons. The summed E-state index contributed by atoms with van der Waals surface area (Å²) in [7, 11) is 3.27. The van der Waals surface area contributed by atoms with Gasteiger partial charge in [0, 0.05) is 52.0 Å². The van der Waals surface area contributed by atoms with Crippen molar-refractivity contribution >= 4 is 51.6 Å². The van der Waals surface area contributed by atoms with Gasteiger partial charge in [-0.25, -0.2) is 31.9 Å². The second-order valence-corrected chi connectivity index (χ2v) is 17.9. The predicted octanol–water partition coefficient (Wildman–Crippen LogP) is 4.94. The van der Waals surface area contributed by atoms with E-state index in [1.165, 1.54) is 30.7 Å². The first-order chi connectivity index (χ1) is 30.6. The van der Waals surface area contributed by atoms with E-state index in [1.54, 1.807) is 54.4 Å². The van der Waals surface area contributed by atoms with Gasteiger partial charge in [-0.3, -0.25) is 38.4 Å². The average molecular weight is 893 g/mol. The molecule has 4 aromatic heterocycles. The first kappa shape index (κ1) is 43.4. The van der Waals surface area contributed by atoms with Crippen LogP contribution in [0.5, 0.6) is 0 Å². The third-order valence-corrected chi connectivity index (χ3v) is 13.3. The highest BCUT2D eigenvalue weighted by Crippen LogP contribution is 2.39. The molecule has 1 aromatic carbocycles. The van der Waals surface area contributed by atoms with Crippen molar-refractivity contribution in [3.8, 4) is 0 Å². The minimum absolute atomic E-state index is 0.00963. The number of aromatic nitrogens is 7. The summed E-state index contributed by atoms with van der Waals surface area (Å²) in [5.41, 5.74) is 0.623. The highest BCUT2D eigenvalue weighted by Gasteiger charge is 2.47. The Kier molecular flexibility index (Phi) is 11.5. The molecule has 2 N–H and O–H groups in total. The average Bonchev–Trinajstić information content (AvgIpc) is 3.94. The van der Waals surface area contributed by atoms with Gasteiger partial charge in [0.05, 0.1) is 59.4 Å². The van der Waals surface area contributed by atoms with Gasteiger partial charge < -0.3 is 19.9 Å². The number of alkyl halides is 4. The van der Waals surface area contributed by atoms with Gasteiger partial charge in [0.2, 0.25) is 11.8 Å². The number of fused-ring (bicyclic) bond motifs is 2. The third-order valence-electron chi connectivity index (χ3n) is 13.3. The van der Waals surface area contributed by atoms with Crippen LogP contribution >= 0.6 is 0 Å². The first-order valence-electron chi connectivity index (χ1n) is 21.9. The topological polar surface area (TPSA) is 169 Å². The number of rotatable bonds is 10. The summed E-state index contributed by atoms with van der Waals surface area (Å²) in [4.78, 5) is 61.7. The maximum atomic E-state index is 16.2. The largest absolute Gasteiger partial charge is 0.372 e. The fourth-order valence-electron chi connectivity index (χ4n) is 10.3. The molecule has 7 heterocycles. The normalized spacial score (nSPS) is 25.5. The molecule has 5 aromatic rings. The Morgan fingerprint density at radius 1 is 1.03 bits per heavy atom. The number of piperidine rings is 2. The molecule has 342 valence electrons. The zero-order chi connectivity index (χ0) is 45.2. The molecule has 4 atom stereocenters. The number of benzene rings is 1. The van der Waals surface area contributed by atoms with E-state index in [9.17, 15) is 28.0 Å². The van der Waals surface area contributed by atoms with Gasteiger partial charge in [0.1, 0.15) is 17.4 Å². The van der Waals surface area contributed by atoms with Gasteiger partial charge in [0.15, 0.2) is 11.3 Å². The maximum Gasteiger partial charge on any atom is 0.329 e. The van der Waals surface area contributed by atoms with Crippen molar-refractivity contribution < 1.29 is 36.7 Å². The minimum Gasteiger partial charge on any atom is -0.372 e. The van der Waals surface area contributed by atoms with Crippen molar-refractivity contribution in [1.82, 2.24) is 43.7 Å². The summed E-state index contributed by atoms with van der Waals surface area (Å²) in [6, 6.07) is 4.73. The Balaban J connectivity index is 0.827. The Bertz CT molecular complexity index is 2640. The van der Waals surface area contributed by atoms with Gasteiger partial charge in [0.25, 0.3) is 18.3 Å². The SMILES string of the molecule is C[C@@H]1CN(c2ccn3ncc(C(=O)Nc4cn([C@H]5CC[C@H](CN(C)C6CCN(c7cccc8c7n(C)c(=O)n8C7CCC(=O)NC7=O)CC6(F)F)CC5)nc4C(F)F)c3n2)C[C@H](C)O1. The molecule has 17 nitrogen and oxygen atoms in total. The quantitative estimate of drug-likeness (QED) is 0.144. The van der Waals surface area contributed by atoms with Crippen LogP contribution in [0.4, 0.5) is 34.8 Å². The van der Waals surface area contributed by atoms with Gasteiger partial charge >= 0.3 is 5.69 Å². The van der Waals surface area contributed by atoms with Gasteiger partial charge in [-0.2, -0.15) is 10.2 Å². The molecule has 3 aliphatic heterocycles. The van der Waals surface area contributed by atoms with Crippen molar-refractivity contribution in [3.63, 3.8) is 0 Å². The van der Waals surface area contributed by atoms with E-state index in [-0.39, 0.29) is 60.3 Å². The van der Waals surface area contributed by atoms with E-state index in [2.05, 4.69) is 25.7 Å². The van der Waals surface area contributed by atoms with Crippen molar-refractivity contribution in [2.45, 2.75) is 101 Å². The number of para-hydroxylation sites is 1. The number of carbonyl (C=O) groups is 3. The Labute approximate surface area is 365 Å². The van der Waals surface area contributed by atoms with E-state index >= 15 is 8.78 Å². The number of nitrogens with zero attached hydrogens (tertiary/aromatic N) is 10. The lowest BCUT2D eigenvalue weighted by molar-refractivity contribution is -0.135. The highest BCUT2D eigenvalue weighted by atomic mass is 19.3. The van der Waals surface area contributed by atoms with E-state index in [4.69, 9.17) is 9.72 Å². The number of anilines is 3. The molecular formula is C43H52F4N12O5. The lowest BCUT2D eigenvalue weighted by Crippen LogP contribution is -2.58. The summed E-state index contributed by atoms with van der Waals surface area (Å²) in [5, 5.41) is 13.4. The molecule has 0 spiro atoms. The van der Waals surface area contributed by atoms with Crippen LogP contribution in [0.1, 0.15) is 93.4 Å². The second kappa shape index (κ2) is 16.9. The summed E-state index contributed by atoms with van der Waals surface area (Å²) in [6.07, 6.45) is 4.45. The Hall–Kier alpha value is -5.83. The van der Waals surface area contributed by atoms with Crippen LogP contribution in [-0.2, 0) is 21.4 Å². The number of nitrogens with one attached hydrogen (secondary N) is 2. The number of halogens is 4. The molecule has 4 fully saturated rings. The fraction of sp³-hybridized carbons (Fsp3) is 0.558. The van der Waals surface area contributed by atoms with Crippen molar-refractivity contribution in [2.75, 3.05) is 54.9 Å². The number of imide groups is 1. The summed E-state index contributed by atoms with van der Waals surface area (Å²) >= 11 is 0. The summed E-state index contributed by atoms with van der Waals surface area (Å²) in [6.45, 7) is 5.35. The molecule has 1 saturated carbocycles. The molecular weight excluding hydrogens is 841 g/mol. The van der Waals surface area contributed by atoms with E-state index in [1.807, 2.05) is 13.8 Å². The van der Waals surface area contributed by atoms with Crippen LogP contribution < -0.4 is 26.1 Å². The van der Waals surface area contributed by atoms with Crippen LogP contribution in [-0.4, -0.2) is 120 Å². The molecule has 64 heavy (non-hydrogen) atoms. The molecule has 3 amide bonds. The van der Waals surface area contributed by atoms with Crippen LogP contribution in [0.3, 0.4) is 0 Å². The van der Waals surface area contributed by atoms with Gasteiger partial charge in [-0.05, 0) is 83.5 Å². The summed E-state index contributed by atoms with van der Waals surface area (Å²) < 4.78 is 72.6. The second-order valence-electron chi connectivity index (χ2n) is 17.9. The van der Waals surface area contributed by atoms with E-state index in [0.717, 1.165) is 0 Å². The van der Waals surface area contributed by atoms with Crippen molar-refractivity contribution in [2.24, 2.45) is 13.0 Å². The molecule has 1 aliphatic carbocycles. The number of hydrogen-bond acceptors (Lipinski definition) is 11. The monoisotopic (exact) mass is 892 g/mol. The highest BCUT2D eigenvalue weighted by molar-refractivity contribution is 6.08. The lowest BCUT2D eigenvalue weighted by Gasteiger charge is -2.44. The zero-order valence-corrected chi connectivity index (χ0v) is 36.1. The molecule has 2 unspecified atom stereocenters. The lowest BCUT2D eigenvalue weighted by atomic mass is 9.85. The number of amides is 3. The minimum atomic E-state index is -3.11. The van der Waals surface area contributed by atoms with Crippen molar-refractivity contribution in [1.29, 1.82) is 0 Å². The number of ether oxygens (including phenoxy) is 1. The van der Waals surface area contributed by atoms with Crippen LogP contribution in [0.25, 0.3) is 16.7 Å². The Morgan fingerprint density at radius 2 is 1.78 bits per heavy atom. The van der Waals surface area contributed by atoms with Gasteiger partial charge in [-0.15, -0.1) is 0 Å². The maximum absolute atomic E-state index is 16.2. The zero-order valence-electron chi connectivity index (χ0n) is 36.1. The molecule has 9 rings (SSSR count). The smallest absolute Gasteiger partial charge is 0.329 e. The number of carbonyl (C=O) groups excluding carboxylic acids is 3. The van der Waals surface area contributed by atoms with Crippen LogP contribution in [0.15, 0.2) is 47.7 Å². The summed E-state index contributed by atoms with van der Waals surface area (Å²) in [5.74, 6) is -4.00. The number of morpholine rings is 1. The van der Waals surface area contributed by atoms with Crippen LogP contribution in [0.2, 0.25) is 0 Å². The van der Waals surface area contributed by atoms with Gasteiger partial charge in [-0.1, -0.05) is 6.07 Å². The standard InChI is InChI=1S/C43H52F4N12O5/c1-24-19-56(20-25(2)64-24)34-15-17-57-39(50-34)28(18-48-57)40(61)49-29-22-58(52-36(29)38(44)45)27-10-8-26(9-11-27)21-53(3)33-14-16-55(23-43(33,46)47)30-6-5-7-31-37(30)54(4)42(63)59(31)32-12-13-35(60)51-41(32)62/h5-7,15,17-18,22,24-27,32-33,38H,8-14,16,19-21,23H2,1-4H3,(H,49,61)(H,51,60,62)/t24-,25+,26-,27-,32?,33?. The first-order valence-corrected chi connectivity index (χ1v) is 21.9. The number of imidazole rings is 1. The van der Waals surface area contributed by atoms with Crippen LogP contribution in [0, 0.1) is 5.92 Å². The predicted molar refractivity (Wildman–Crippen MR) is 228 cm³/mol. The molecule has 3 saturated heterocycles. The number of aryl methyl sites for hydroxylation is 1. The van der Waals surface area contributed by atoms with Crippen molar-refractivity contribution in [3.05, 3.63) is 64.6 Å². The number of hydrogen-bond donors (Lipinski definition) is 2.